The third-order valence-corrected chi connectivity index (χ3v) is 3.55. The van der Waals surface area contributed by atoms with Gasteiger partial charge < -0.3 is 4.74 Å². The Hall–Kier alpha value is -1.61. The maximum Gasteiger partial charge on any atom is 0.257 e. The van der Waals surface area contributed by atoms with Crippen molar-refractivity contribution in [2.24, 2.45) is 0 Å². The number of hydrogen-bond donors (Lipinski definition) is 0. The van der Waals surface area contributed by atoms with Gasteiger partial charge in [0, 0.05) is 0 Å². The quantitative estimate of drug-likeness (QED) is 0.812. The van der Waals surface area contributed by atoms with Crippen molar-refractivity contribution in [3.63, 3.8) is 0 Å². The molecule has 0 N–H and O–H groups in total. The molecule has 0 aliphatic heterocycles. The Morgan fingerprint density at radius 1 is 0.895 bits per heavy atom. The van der Waals surface area contributed by atoms with E-state index in [1.807, 2.05) is 33.8 Å². The van der Waals surface area contributed by atoms with E-state index in [4.69, 9.17) is 16.3 Å². The van der Waals surface area contributed by atoms with Crippen LogP contribution in [0.2, 0.25) is 5.15 Å². The van der Waals surface area contributed by atoms with E-state index >= 15 is 0 Å². The lowest BCUT2D eigenvalue weighted by molar-refractivity contribution is 0.451. The molecule has 0 saturated heterocycles. The van der Waals surface area contributed by atoms with Crippen LogP contribution in [0, 0.1) is 34.6 Å². The van der Waals surface area contributed by atoms with Crippen LogP contribution in [-0.2, 0) is 0 Å². The van der Waals surface area contributed by atoms with Crippen molar-refractivity contribution in [2.75, 3.05) is 0 Å². The first-order chi connectivity index (χ1) is 8.90. The third kappa shape index (κ3) is 2.71. The molecule has 0 bridgehead atoms. The van der Waals surface area contributed by atoms with Crippen molar-refractivity contribution in [1.82, 2.24) is 9.97 Å². The summed E-state index contributed by atoms with van der Waals surface area (Å²) in [5.74, 6) is 1.17. The summed E-state index contributed by atoms with van der Waals surface area (Å²) in [5.41, 5.74) is 4.96. The van der Waals surface area contributed by atoms with Crippen molar-refractivity contribution < 1.29 is 4.74 Å². The largest absolute Gasteiger partial charge is 0.436 e. The molecule has 2 aromatic rings. The van der Waals surface area contributed by atoms with E-state index in [1.165, 1.54) is 5.56 Å². The van der Waals surface area contributed by atoms with Gasteiger partial charge in [-0.25, -0.2) is 9.97 Å². The highest BCUT2D eigenvalue weighted by atomic mass is 35.5. The Kier molecular flexibility index (Phi) is 3.76. The number of halogens is 1. The maximum absolute atomic E-state index is 6.10. The summed E-state index contributed by atoms with van der Waals surface area (Å²) < 4.78 is 5.88. The molecule has 0 aliphatic carbocycles. The van der Waals surface area contributed by atoms with Gasteiger partial charge in [0.15, 0.2) is 5.15 Å². The SMILES string of the molecule is Cc1ccc(C)c(Oc2nc(C)c(C)nc2Cl)c1C. The summed E-state index contributed by atoms with van der Waals surface area (Å²) in [7, 11) is 0. The average molecular weight is 277 g/mol. The topological polar surface area (TPSA) is 35.0 Å². The zero-order chi connectivity index (χ0) is 14.2. The van der Waals surface area contributed by atoms with Gasteiger partial charge in [0.05, 0.1) is 11.4 Å². The summed E-state index contributed by atoms with van der Waals surface area (Å²) in [6.45, 7) is 9.85. The van der Waals surface area contributed by atoms with E-state index in [0.29, 0.717) is 11.0 Å². The summed E-state index contributed by atoms with van der Waals surface area (Å²) >= 11 is 6.10. The number of nitrogens with zero attached hydrogens (tertiary/aromatic N) is 2. The molecule has 2 rings (SSSR count). The molecule has 1 aromatic carbocycles. The van der Waals surface area contributed by atoms with Crippen molar-refractivity contribution in [3.05, 3.63) is 45.4 Å². The summed E-state index contributed by atoms with van der Waals surface area (Å²) in [4.78, 5) is 8.59. The van der Waals surface area contributed by atoms with Gasteiger partial charge in [0.2, 0.25) is 0 Å². The third-order valence-electron chi connectivity index (χ3n) is 3.31. The molecule has 0 unspecified atom stereocenters. The van der Waals surface area contributed by atoms with Gasteiger partial charge in [-0.3, -0.25) is 0 Å². The molecule has 19 heavy (non-hydrogen) atoms. The fourth-order valence-corrected chi connectivity index (χ4v) is 2.01. The lowest BCUT2D eigenvalue weighted by Gasteiger charge is -2.14. The number of aromatic nitrogens is 2. The molecule has 3 nitrogen and oxygen atoms in total. The fourth-order valence-electron chi connectivity index (χ4n) is 1.80. The normalized spacial score (nSPS) is 10.6. The van der Waals surface area contributed by atoms with Crippen molar-refractivity contribution in [3.8, 4) is 11.6 Å². The number of rotatable bonds is 2. The van der Waals surface area contributed by atoms with Gasteiger partial charge in [-0.05, 0) is 51.3 Å². The number of ether oxygens (including phenoxy) is 1. The fraction of sp³-hybridized carbons (Fsp3) is 0.333. The molecule has 0 amide bonds. The van der Waals surface area contributed by atoms with E-state index in [9.17, 15) is 0 Å². The average Bonchev–Trinajstić information content (AvgIpc) is 2.36. The minimum Gasteiger partial charge on any atom is -0.436 e. The Bertz CT molecular complexity index is 639. The van der Waals surface area contributed by atoms with Crippen LogP contribution in [0.1, 0.15) is 28.1 Å². The standard InChI is InChI=1S/C15H17ClN2O/c1-8-6-7-9(2)13(10(8)3)19-15-14(16)17-11(4)12(5)18-15/h6-7H,1-5H3. The van der Waals surface area contributed by atoms with Gasteiger partial charge in [-0.15, -0.1) is 0 Å². The highest BCUT2D eigenvalue weighted by Crippen LogP contribution is 2.32. The van der Waals surface area contributed by atoms with E-state index in [-0.39, 0.29) is 0 Å². The molecule has 4 heteroatoms. The first-order valence-electron chi connectivity index (χ1n) is 6.15. The second-order valence-electron chi connectivity index (χ2n) is 4.75. The van der Waals surface area contributed by atoms with Crippen molar-refractivity contribution >= 4 is 11.6 Å². The molecule has 0 fully saturated rings. The van der Waals surface area contributed by atoms with Gasteiger partial charge in [0.25, 0.3) is 5.88 Å². The zero-order valence-electron chi connectivity index (χ0n) is 11.8. The van der Waals surface area contributed by atoms with Crippen LogP contribution in [0.4, 0.5) is 0 Å². The van der Waals surface area contributed by atoms with E-state index in [1.54, 1.807) is 0 Å². The van der Waals surface area contributed by atoms with Crippen molar-refractivity contribution in [2.45, 2.75) is 34.6 Å². The van der Waals surface area contributed by atoms with Crippen LogP contribution in [0.3, 0.4) is 0 Å². The first kappa shape index (κ1) is 13.8. The van der Waals surface area contributed by atoms with Crippen LogP contribution < -0.4 is 4.74 Å². The summed E-state index contributed by atoms with van der Waals surface area (Å²) in [6.07, 6.45) is 0. The summed E-state index contributed by atoms with van der Waals surface area (Å²) in [6, 6.07) is 4.10. The highest BCUT2D eigenvalue weighted by molar-refractivity contribution is 6.30. The summed E-state index contributed by atoms with van der Waals surface area (Å²) in [5, 5.41) is 0.295. The Balaban J connectivity index is 2.48. The highest BCUT2D eigenvalue weighted by Gasteiger charge is 2.13. The minimum absolute atomic E-state index is 0.295. The molecular weight excluding hydrogens is 260 g/mol. The lowest BCUT2D eigenvalue weighted by atomic mass is 10.1. The van der Waals surface area contributed by atoms with Gasteiger partial charge in [-0.1, -0.05) is 23.7 Å². The van der Waals surface area contributed by atoms with Crippen LogP contribution in [-0.4, -0.2) is 9.97 Å². The van der Waals surface area contributed by atoms with E-state index in [0.717, 1.165) is 28.3 Å². The van der Waals surface area contributed by atoms with Crippen LogP contribution in [0.5, 0.6) is 11.6 Å². The van der Waals surface area contributed by atoms with Gasteiger partial charge in [0.1, 0.15) is 5.75 Å². The predicted molar refractivity (Wildman–Crippen MR) is 77.2 cm³/mol. The van der Waals surface area contributed by atoms with E-state index in [2.05, 4.69) is 23.0 Å². The van der Waals surface area contributed by atoms with Gasteiger partial charge >= 0.3 is 0 Å². The maximum atomic E-state index is 6.10. The molecule has 1 heterocycles. The van der Waals surface area contributed by atoms with Crippen LogP contribution in [0.25, 0.3) is 0 Å². The molecule has 100 valence electrons. The molecule has 0 saturated carbocycles. The van der Waals surface area contributed by atoms with E-state index < -0.39 is 0 Å². The molecular formula is C15H17ClN2O. The number of hydrogen-bond acceptors (Lipinski definition) is 3. The smallest absolute Gasteiger partial charge is 0.257 e. The molecule has 0 radical (unpaired) electrons. The Morgan fingerprint density at radius 2 is 1.47 bits per heavy atom. The second-order valence-corrected chi connectivity index (χ2v) is 5.10. The predicted octanol–water partition coefficient (Wildman–Crippen LogP) is 4.46. The minimum atomic E-state index is 0.295. The second kappa shape index (κ2) is 5.17. The first-order valence-corrected chi connectivity index (χ1v) is 6.53. The number of benzene rings is 1. The number of aryl methyl sites for hydroxylation is 4. The Labute approximate surface area is 118 Å². The zero-order valence-corrected chi connectivity index (χ0v) is 12.6. The molecule has 1 aromatic heterocycles. The lowest BCUT2D eigenvalue weighted by Crippen LogP contribution is -2.00. The Morgan fingerprint density at radius 3 is 2.16 bits per heavy atom. The van der Waals surface area contributed by atoms with Crippen molar-refractivity contribution in [1.29, 1.82) is 0 Å². The monoisotopic (exact) mass is 276 g/mol. The molecule has 0 spiro atoms. The molecule has 0 atom stereocenters. The van der Waals surface area contributed by atoms with Crippen LogP contribution in [0.15, 0.2) is 12.1 Å². The van der Waals surface area contributed by atoms with Crippen LogP contribution >= 0.6 is 11.6 Å². The van der Waals surface area contributed by atoms with Gasteiger partial charge in [-0.2, -0.15) is 0 Å². The molecule has 0 aliphatic rings.